The quantitative estimate of drug-likeness (QED) is 0.595. The second kappa shape index (κ2) is 2.52. The second-order valence-corrected chi connectivity index (χ2v) is 4.02. The minimum atomic E-state index is -0.838. The van der Waals surface area contributed by atoms with Crippen LogP contribution in [-0.2, 0) is 9.59 Å². The molecule has 1 N–H and O–H groups in total. The average Bonchev–Trinajstić information content (AvgIpc) is 2.01. The van der Waals surface area contributed by atoms with Crippen molar-refractivity contribution in [2.75, 3.05) is 0 Å². The number of hydrogen-bond donors (Lipinski definition) is 1. The standard InChI is InChI=1S/C7H7NO3S/c9-5-3-6-8(5)2-1-4(12-6)7(10)11/h1-2,4,6H,3H2,(H,10,11)/t4?,6-/m1/s1. The lowest BCUT2D eigenvalue weighted by atomic mass is 10.2. The van der Waals surface area contributed by atoms with Crippen molar-refractivity contribution in [3.8, 4) is 0 Å². The molecule has 0 spiro atoms. The first-order valence-electron chi connectivity index (χ1n) is 3.56. The SMILES string of the molecule is O=C(O)C1C=CN2C(=O)C[C@H]2S1. The average molecular weight is 185 g/mol. The van der Waals surface area contributed by atoms with Crippen LogP contribution in [0.4, 0.5) is 0 Å². The van der Waals surface area contributed by atoms with Crippen LogP contribution in [0.2, 0.25) is 0 Å². The van der Waals surface area contributed by atoms with Gasteiger partial charge < -0.3 is 10.0 Å². The number of rotatable bonds is 1. The first kappa shape index (κ1) is 7.67. The van der Waals surface area contributed by atoms with E-state index in [2.05, 4.69) is 0 Å². The van der Waals surface area contributed by atoms with Crippen LogP contribution in [0.1, 0.15) is 6.42 Å². The molecule has 4 nitrogen and oxygen atoms in total. The summed E-state index contributed by atoms with van der Waals surface area (Å²) in [6, 6.07) is 0. The predicted molar refractivity (Wildman–Crippen MR) is 43.4 cm³/mol. The molecule has 12 heavy (non-hydrogen) atoms. The molecule has 1 saturated heterocycles. The third-order valence-electron chi connectivity index (χ3n) is 1.92. The van der Waals surface area contributed by atoms with Gasteiger partial charge in [-0.1, -0.05) is 0 Å². The summed E-state index contributed by atoms with van der Waals surface area (Å²) in [6.07, 6.45) is 3.59. The van der Waals surface area contributed by atoms with Gasteiger partial charge in [-0.25, -0.2) is 0 Å². The predicted octanol–water partition coefficient (Wildman–Crippen LogP) is 0.258. The van der Waals surface area contributed by atoms with Gasteiger partial charge in [0.25, 0.3) is 0 Å². The number of carboxylic acids is 1. The summed E-state index contributed by atoms with van der Waals surface area (Å²) in [7, 11) is 0. The Hall–Kier alpha value is -0.970. The lowest BCUT2D eigenvalue weighted by molar-refractivity contribution is -0.139. The van der Waals surface area contributed by atoms with Gasteiger partial charge in [-0.05, 0) is 6.08 Å². The van der Waals surface area contributed by atoms with Crippen LogP contribution in [0.5, 0.6) is 0 Å². The molecule has 2 heterocycles. The van der Waals surface area contributed by atoms with E-state index in [1.807, 2.05) is 0 Å². The fraction of sp³-hybridized carbons (Fsp3) is 0.429. The number of fused-ring (bicyclic) bond motifs is 1. The van der Waals surface area contributed by atoms with E-state index in [9.17, 15) is 9.59 Å². The highest BCUT2D eigenvalue weighted by atomic mass is 32.2. The molecule has 64 valence electrons. The number of carbonyl (C=O) groups is 2. The van der Waals surface area contributed by atoms with Gasteiger partial charge in [0.05, 0.1) is 11.8 Å². The molecule has 2 atom stereocenters. The largest absolute Gasteiger partial charge is 0.480 e. The number of amides is 1. The van der Waals surface area contributed by atoms with Crippen LogP contribution in [-0.4, -0.2) is 32.5 Å². The Kier molecular flexibility index (Phi) is 1.61. The topological polar surface area (TPSA) is 57.6 Å². The van der Waals surface area contributed by atoms with Crippen molar-refractivity contribution in [2.24, 2.45) is 0 Å². The molecular formula is C7H7NO3S. The Morgan fingerprint density at radius 2 is 2.50 bits per heavy atom. The van der Waals surface area contributed by atoms with Crippen LogP contribution in [0.3, 0.4) is 0 Å². The lowest BCUT2D eigenvalue weighted by Crippen LogP contribution is -2.50. The van der Waals surface area contributed by atoms with Crippen molar-refractivity contribution in [1.82, 2.24) is 4.90 Å². The molecule has 2 aliphatic rings. The van der Waals surface area contributed by atoms with Crippen LogP contribution in [0.15, 0.2) is 12.3 Å². The maximum Gasteiger partial charge on any atom is 0.320 e. The molecule has 0 bridgehead atoms. The first-order valence-corrected chi connectivity index (χ1v) is 4.50. The normalized spacial score (nSPS) is 32.7. The third-order valence-corrected chi connectivity index (χ3v) is 3.28. The zero-order valence-corrected chi connectivity index (χ0v) is 6.95. The monoisotopic (exact) mass is 185 g/mol. The van der Waals surface area contributed by atoms with E-state index < -0.39 is 11.2 Å². The van der Waals surface area contributed by atoms with Gasteiger partial charge in [-0.2, -0.15) is 0 Å². The molecule has 2 aliphatic heterocycles. The highest BCUT2D eigenvalue weighted by Gasteiger charge is 2.40. The maximum atomic E-state index is 10.9. The molecule has 1 fully saturated rings. The summed E-state index contributed by atoms with van der Waals surface area (Å²) in [5.74, 6) is -0.761. The van der Waals surface area contributed by atoms with Gasteiger partial charge in [0.1, 0.15) is 5.25 Å². The summed E-state index contributed by atoms with van der Waals surface area (Å²) in [6.45, 7) is 0. The maximum absolute atomic E-state index is 10.9. The van der Waals surface area contributed by atoms with E-state index in [0.29, 0.717) is 6.42 Å². The Bertz CT molecular complexity index is 276. The Morgan fingerprint density at radius 3 is 3.00 bits per heavy atom. The van der Waals surface area contributed by atoms with Crippen molar-refractivity contribution in [3.05, 3.63) is 12.3 Å². The van der Waals surface area contributed by atoms with E-state index >= 15 is 0 Å². The van der Waals surface area contributed by atoms with Crippen molar-refractivity contribution in [3.63, 3.8) is 0 Å². The van der Waals surface area contributed by atoms with E-state index in [0.717, 1.165) is 0 Å². The molecule has 5 heteroatoms. The highest BCUT2D eigenvalue weighted by molar-refractivity contribution is 8.01. The smallest absolute Gasteiger partial charge is 0.320 e. The molecule has 0 aromatic rings. The van der Waals surface area contributed by atoms with Gasteiger partial charge in [0.2, 0.25) is 5.91 Å². The Labute approximate surface area is 73.2 Å². The highest BCUT2D eigenvalue weighted by Crippen LogP contribution is 2.36. The van der Waals surface area contributed by atoms with E-state index in [1.165, 1.54) is 11.8 Å². The fourth-order valence-electron chi connectivity index (χ4n) is 1.22. The number of carboxylic acid groups (broad SMARTS) is 1. The summed E-state index contributed by atoms with van der Waals surface area (Å²) in [5, 5.41) is 8.23. The number of β-lactam (4-membered cyclic amide) rings is 1. The van der Waals surface area contributed by atoms with Gasteiger partial charge in [-0.3, -0.25) is 9.59 Å². The van der Waals surface area contributed by atoms with Crippen molar-refractivity contribution in [1.29, 1.82) is 0 Å². The van der Waals surface area contributed by atoms with Gasteiger partial charge in [-0.15, -0.1) is 11.8 Å². The minimum Gasteiger partial charge on any atom is -0.480 e. The Balaban J connectivity index is 2.11. The summed E-state index contributed by atoms with van der Waals surface area (Å²) in [5.41, 5.74) is 0. The van der Waals surface area contributed by atoms with Gasteiger partial charge in [0, 0.05) is 6.20 Å². The Morgan fingerprint density at radius 1 is 1.75 bits per heavy atom. The van der Waals surface area contributed by atoms with Crippen LogP contribution in [0, 0.1) is 0 Å². The molecule has 2 rings (SSSR count). The van der Waals surface area contributed by atoms with Crippen molar-refractivity contribution < 1.29 is 14.7 Å². The van der Waals surface area contributed by atoms with Gasteiger partial charge in [0.15, 0.2) is 0 Å². The number of carbonyl (C=O) groups excluding carboxylic acids is 1. The van der Waals surface area contributed by atoms with Crippen molar-refractivity contribution >= 4 is 23.6 Å². The summed E-state index contributed by atoms with van der Waals surface area (Å²) < 4.78 is 0. The minimum absolute atomic E-state index is 0.0589. The molecule has 0 saturated carbocycles. The molecular weight excluding hydrogens is 178 g/mol. The molecule has 0 aromatic heterocycles. The van der Waals surface area contributed by atoms with Gasteiger partial charge >= 0.3 is 5.97 Å². The lowest BCUT2D eigenvalue weighted by Gasteiger charge is -2.40. The van der Waals surface area contributed by atoms with Crippen molar-refractivity contribution in [2.45, 2.75) is 17.0 Å². The molecule has 1 unspecified atom stereocenters. The number of nitrogens with zero attached hydrogens (tertiary/aromatic N) is 1. The second-order valence-electron chi connectivity index (χ2n) is 2.70. The van der Waals surface area contributed by atoms with Crippen LogP contribution < -0.4 is 0 Å². The van der Waals surface area contributed by atoms with Crippen LogP contribution >= 0.6 is 11.8 Å². The van der Waals surface area contributed by atoms with E-state index in [1.54, 1.807) is 17.2 Å². The fourth-order valence-corrected chi connectivity index (χ4v) is 2.39. The molecule has 1 amide bonds. The van der Waals surface area contributed by atoms with E-state index in [4.69, 9.17) is 5.11 Å². The molecule has 0 aromatic carbocycles. The summed E-state index contributed by atoms with van der Waals surface area (Å²) >= 11 is 1.31. The third kappa shape index (κ3) is 1.01. The molecule has 0 radical (unpaired) electrons. The number of hydrogen-bond acceptors (Lipinski definition) is 3. The number of thioether (sulfide) groups is 1. The van der Waals surface area contributed by atoms with Crippen LogP contribution in [0.25, 0.3) is 0 Å². The summed E-state index contributed by atoms with van der Waals surface area (Å²) in [4.78, 5) is 23.0. The number of aliphatic carboxylic acids is 1. The zero-order valence-electron chi connectivity index (χ0n) is 6.14. The zero-order chi connectivity index (χ0) is 8.72. The first-order chi connectivity index (χ1) is 5.68. The van der Waals surface area contributed by atoms with E-state index in [-0.39, 0.29) is 11.3 Å². The molecule has 0 aliphatic carbocycles.